The molecule has 0 bridgehead atoms. The number of ether oxygens (including phenoxy) is 1. The van der Waals surface area contributed by atoms with Gasteiger partial charge in [-0.1, -0.05) is 11.6 Å². The van der Waals surface area contributed by atoms with Gasteiger partial charge < -0.3 is 4.74 Å². The molecule has 0 N–H and O–H groups in total. The van der Waals surface area contributed by atoms with Crippen molar-refractivity contribution in [2.75, 3.05) is 0 Å². The van der Waals surface area contributed by atoms with E-state index in [1.54, 1.807) is 19.3 Å². The highest BCUT2D eigenvalue weighted by atomic mass is 79.9. The van der Waals surface area contributed by atoms with Crippen LogP contribution in [0.3, 0.4) is 0 Å². The van der Waals surface area contributed by atoms with Gasteiger partial charge in [0.25, 0.3) is 0 Å². The summed E-state index contributed by atoms with van der Waals surface area (Å²) in [6.07, 6.45) is 6.18. The molecule has 3 heterocycles. The first-order valence-corrected chi connectivity index (χ1v) is 12.6. The molecule has 0 spiro atoms. The molecule has 0 unspecified atom stereocenters. The van der Waals surface area contributed by atoms with Gasteiger partial charge in [0.15, 0.2) is 5.15 Å². The smallest absolute Gasteiger partial charge is 0.154 e. The molecule has 1 saturated carbocycles. The van der Waals surface area contributed by atoms with Gasteiger partial charge in [0.1, 0.15) is 23.4 Å². The van der Waals surface area contributed by atoms with E-state index in [4.69, 9.17) is 16.3 Å². The van der Waals surface area contributed by atoms with Crippen molar-refractivity contribution in [1.82, 2.24) is 29.8 Å². The van der Waals surface area contributed by atoms with Gasteiger partial charge in [0.05, 0.1) is 11.4 Å². The Bertz CT molecular complexity index is 1380. The maximum atomic E-state index is 14.4. The van der Waals surface area contributed by atoms with Crippen molar-refractivity contribution in [1.29, 1.82) is 0 Å². The number of hydrogen-bond acceptors (Lipinski definition) is 5. The summed E-state index contributed by atoms with van der Waals surface area (Å²) in [5.41, 5.74) is 4.45. The van der Waals surface area contributed by atoms with Crippen LogP contribution in [0, 0.1) is 18.7 Å². The number of rotatable bonds is 8. The fraction of sp³-hybridized carbons (Fsp3) is 0.360. The van der Waals surface area contributed by atoms with Crippen molar-refractivity contribution in [3.05, 3.63) is 74.6 Å². The van der Waals surface area contributed by atoms with Crippen molar-refractivity contribution < 1.29 is 9.13 Å². The number of pyridine rings is 1. The van der Waals surface area contributed by atoms with Crippen molar-refractivity contribution in [2.45, 2.75) is 45.8 Å². The van der Waals surface area contributed by atoms with Crippen LogP contribution in [-0.2, 0) is 20.0 Å². The Hall–Kier alpha value is -2.78. The summed E-state index contributed by atoms with van der Waals surface area (Å²) in [4.78, 5) is 5.85. The maximum absolute atomic E-state index is 14.4. The summed E-state index contributed by atoms with van der Waals surface area (Å²) in [5.74, 6) is 0.965. The number of halogens is 3. The Morgan fingerprint density at radius 2 is 2.03 bits per heavy atom. The molecule has 0 radical (unpaired) electrons. The SMILES string of the molecule is Cc1ncc(Br)cc1O[C@H](C)c1cc(F)ccc1-c1nn(C)nc1Cc1cn(CC2CC2)nc1Cl. The Morgan fingerprint density at radius 1 is 1.23 bits per heavy atom. The van der Waals surface area contributed by atoms with E-state index in [1.165, 1.54) is 29.8 Å². The van der Waals surface area contributed by atoms with Crippen LogP contribution in [0.4, 0.5) is 4.39 Å². The number of benzene rings is 1. The van der Waals surface area contributed by atoms with Crippen LogP contribution < -0.4 is 4.74 Å². The third kappa shape index (κ3) is 5.41. The lowest BCUT2D eigenvalue weighted by Crippen LogP contribution is -2.08. The maximum Gasteiger partial charge on any atom is 0.154 e. The lowest BCUT2D eigenvalue weighted by molar-refractivity contribution is 0.224. The molecule has 1 aliphatic rings. The number of aryl methyl sites for hydroxylation is 2. The van der Waals surface area contributed by atoms with Crippen molar-refractivity contribution in [3.63, 3.8) is 0 Å². The molecule has 182 valence electrons. The summed E-state index contributed by atoms with van der Waals surface area (Å²) in [6.45, 7) is 4.64. The molecule has 7 nitrogen and oxygen atoms in total. The zero-order valence-corrected chi connectivity index (χ0v) is 22.0. The number of hydrogen-bond donors (Lipinski definition) is 0. The van der Waals surface area contributed by atoms with Gasteiger partial charge >= 0.3 is 0 Å². The average molecular weight is 560 g/mol. The molecule has 5 rings (SSSR count). The van der Waals surface area contributed by atoms with Crippen LogP contribution in [0.5, 0.6) is 5.75 Å². The van der Waals surface area contributed by atoms with Gasteiger partial charge in [-0.3, -0.25) is 9.67 Å². The summed E-state index contributed by atoms with van der Waals surface area (Å²) < 4.78 is 23.3. The van der Waals surface area contributed by atoms with Gasteiger partial charge in [-0.25, -0.2) is 4.39 Å². The average Bonchev–Trinajstić information content (AvgIpc) is 3.45. The van der Waals surface area contributed by atoms with Crippen molar-refractivity contribution in [3.8, 4) is 17.0 Å². The Balaban J connectivity index is 1.48. The molecule has 0 aliphatic heterocycles. The van der Waals surface area contributed by atoms with E-state index < -0.39 is 6.10 Å². The molecule has 1 aliphatic carbocycles. The van der Waals surface area contributed by atoms with E-state index in [0.717, 1.165) is 33.5 Å². The summed E-state index contributed by atoms with van der Waals surface area (Å²) in [5, 5.41) is 14.2. The van der Waals surface area contributed by atoms with Crippen LogP contribution in [-0.4, -0.2) is 29.8 Å². The molecule has 1 atom stereocenters. The molecule has 3 aromatic heterocycles. The largest absolute Gasteiger partial charge is 0.484 e. The first-order valence-electron chi connectivity index (χ1n) is 11.5. The minimum absolute atomic E-state index is 0.349. The van der Waals surface area contributed by atoms with E-state index in [2.05, 4.69) is 36.2 Å². The fourth-order valence-electron chi connectivity index (χ4n) is 4.12. The molecule has 0 saturated heterocycles. The minimum atomic E-state index is -0.463. The molecular formula is C25H25BrClFN6O. The number of aromatic nitrogens is 6. The van der Waals surface area contributed by atoms with E-state index >= 15 is 0 Å². The highest BCUT2D eigenvalue weighted by Gasteiger charge is 2.25. The van der Waals surface area contributed by atoms with Crippen molar-refractivity contribution in [2.24, 2.45) is 13.0 Å². The molecule has 4 aromatic rings. The van der Waals surface area contributed by atoms with Gasteiger partial charge in [0.2, 0.25) is 0 Å². The highest BCUT2D eigenvalue weighted by Crippen LogP contribution is 2.35. The lowest BCUT2D eigenvalue weighted by Gasteiger charge is -2.19. The zero-order chi connectivity index (χ0) is 24.7. The van der Waals surface area contributed by atoms with Gasteiger partial charge in [-0.15, -0.1) is 0 Å². The molecule has 1 fully saturated rings. The van der Waals surface area contributed by atoms with Crippen LogP contribution in [0.2, 0.25) is 5.15 Å². The first kappa shape index (κ1) is 23.9. The van der Waals surface area contributed by atoms with E-state index in [-0.39, 0.29) is 5.82 Å². The quantitative estimate of drug-likeness (QED) is 0.262. The van der Waals surface area contributed by atoms with E-state index in [1.807, 2.05) is 30.8 Å². The van der Waals surface area contributed by atoms with Crippen LogP contribution >= 0.6 is 27.5 Å². The summed E-state index contributed by atoms with van der Waals surface area (Å²) in [6, 6.07) is 6.49. The van der Waals surface area contributed by atoms with Crippen LogP contribution in [0.1, 0.15) is 48.4 Å². The Labute approximate surface area is 216 Å². The summed E-state index contributed by atoms with van der Waals surface area (Å²) in [7, 11) is 1.77. The normalized spacial score (nSPS) is 14.3. The fourth-order valence-corrected chi connectivity index (χ4v) is 4.64. The predicted molar refractivity (Wildman–Crippen MR) is 135 cm³/mol. The van der Waals surface area contributed by atoms with Crippen molar-refractivity contribution >= 4 is 27.5 Å². The minimum Gasteiger partial charge on any atom is -0.484 e. The predicted octanol–water partition coefficient (Wildman–Crippen LogP) is 6.08. The monoisotopic (exact) mass is 558 g/mol. The van der Waals surface area contributed by atoms with Gasteiger partial charge in [-0.2, -0.15) is 20.1 Å². The molecule has 1 aromatic carbocycles. The Morgan fingerprint density at radius 3 is 2.80 bits per heavy atom. The molecular weight excluding hydrogens is 535 g/mol. The second-order valence-electron chi connectivity index (χ2n) is 9.00. The van der Waals surface area contributed by atoms with Crippen LogP contribution in [0.25, 0.3) is 11.3 Å². The summed E-state index contributed by atoms with van der Waals surface area (Å²) >= 11 is 9.89. The topological polar surface area (TPSA) is 70.7 Å². The standard InChI is InChI=1S/C25H25BrClFN6O/c1-14-23(9-18(26)11-29-14)35-15(2)21-10-19(28)6-7-20(21)24-22(30-33(3)31-24)8-17-13-34(32-25(17)27)12-16-4-5-16/h6-7,9-11,13,15-16H,4-5,8,12H2,1-3H3/t15-/m1/s1. The second kappa shape index (κ2) is 9.70. The third-order valence-corrected chi connectivity index (χ3v) is 6.84. The van der Waals surface area contributed by atoms with E-state index in [9.17, 15) is 4.39 Å². The van der Waals surface area contributed by atoms with Gasteiger partial charge in [-0.05, 0) is 72.8 Å². The van der Waals surface area contributed by atoms with E-state index in [0.29, 0.717) is 34.5 Å². The van der Waals surface area contributed by atoms with Gasteiger partial charge in [0, 0.05) is 53.6 Å². The Kier molecular flexibility index (Phi) is 6.63. The zero-order valence-electron chi connectivity index (χ0n) is 19.7. The lowest BCUT2D eigenvalue weighted by atomic mass is 9.97. The van der Waals surface area contributed by atoms with Crippen LogP contribution in [0.15, 0.2) is 41.1 Å². The molecule has 35 heavy (non-hydrogen) atoms. The first-order chi connectivity index (χ1) is 16.8. The third-order valence-electron chi connectivity index (χ3n) is 6.09. The number of nitrogens with zero attached hydrogens (tertiary/aromatic N) is 6. The second-order valence-corrected chi connectivity index (χ2v) is 10.3. The molecule has 0 amide bonds. The molecule has 10 heteroatoms. The highest BCUT2D eigenvalue weighted by molar-refractivity contribution is 9.10.